The van der Waals surface area contributed by atoms with E-state index in [1.165, 1.54) is 0 Å². The molecule has 1 N–H and O–H groups in total. The van der Waals surface area contributed by atoms with E-state index in [1.807, 2.05) is 37.3 Å². The number of benzene rings is 2. The molecule has 0 radical (unpaired) electrons. The quantitative estimate of drug-likeness (QED) is 0.392. The van der Waals surface area contributed by atoms with Gasteiger partial charge in [0.05, 0.1) is 23.9 Å². The number of hydrogen-bond donors (Lipinski definition) is 1. The summed E-state index contributed by atoms with van der Waals surface area (Å²) in [5.74, 6) is -0.932. The molecule has 182 valence electrons. The number of carboxylic acid groups (broad SMARTS) is 1. The molecule has 3 aromatic rings. The Labute approximate surface area is 214 Å². The third kappa shape index (κ3) is 5.19. The van der Waals surface area contributed by atoms with Gasteiger partial charge in [-0.1, -0.05) is 61.3 Å². The Morgan fingerprint density at radius 2 is 1.77 bits per heavy atom. The van der Waals surface area contributed by atoms with Crippen LogP contribution in [0.3, 0.4) is 0 Å². The average molecular weight is 512 g/mol. The van der Waals surface area contributed by atoms with E-state index < -0.39 is 23.5 Å². The molecule has 4 unspecified atom stereocenters. The fourth-order valence-electron chi connectivity index (χ4n) is 5.21. The highest BCUT2D eigenvalue weighted by Gasteiger charge is 2.52. The number of nitrogens with zero attached hydrogens (tertiary/aromatic N) is 3. The molecule has 35 heavy (non-hydrogen) atoms. The van der Waals surface area contributed by atoms with E-state index in [-0.39, 0.29) is 18.2 Å². The van der Waals surface area contributed by atoms with Crippen molar-refractivity contribution in [1.29, 1.82) is 0 Å². The van der Waals surface area contributed by atoms with Crippen molar-refractivity contribution in [2.24, 2.45) is 5.41 Å². The third-order valence-electron chi connectivity index (χ3n) is 6.74. The molecule has 1 aromatic heterocycles. The fraction of sp³-hybridized carbons (Fsp3) is 0.333. The zero-order valence-electron chi connectivity index (χ0n) is 19.6. The topological polar surface area (TPSA) is 83.4 Å². The number of hydrogen-bond acceptors (Lipinski definition) is 4. The molecule has 1 amide bonds. The largest absolute Gasteiger partial charge is 0.481 e. The van der Waals surface area contributed by atoms with Crippen LogP contribution < -0.4 is 0 Å². The first-order chi connectivity index (χ1) is 16.7. The highest BCUT2D eigenvalue weighted by atomic mass is 35.5. The zero-order valence-corrected chi connectivity index (χ0v) is 21.1. The summed E-state index contributed by atoms with van der Waals surface area (Å²) in [6.07, 6.45) is 3.95. The predicted molar refractivity (Wildman–Crippen MR) is 135 cm³/mol. The summed E-state index contributed by atoms with van der Waals surface area (Å²) >= 11 is 12.6. The Kier molecular flexibility index (Phi) is 7.43. The molecule has 6 nitrogen and oxygen atoms in total. The summed E-state index contributed by atoms with van der Waals surface area (Å²) in [4.78, 5) is 36.8. The second-order valence-electron chi connectivity index (χ2n) is 9.24. The number of piperidine rings is 1. The van der Waals surface area contributed by atoms with Crippen LogP contribution in [0.5, 0.6) is 0 Å². The molecule has 0 saturated carbocycles. The maximum Gasteiger partial charge on any atom is 0.304 e. The summed E-state index contributed by atoms with van der Waals surface area (Å²) in [5, 5.41) is 10.9. The predicted octanol–water partition coefficient (Wildman–Crippen LogP) is 6.47. The summed E-state index contributed by atoms with van der Waals surface area (Å²) in [7, 11) is 0. The Morgan fingerprint density at radius 3 is 2.37 bits per heavy atom. The van der Waals surface area contributed by atoms with E-state index in [9.17, 15) is 14.7 Å². The number of carbonyl (C=O) groups excluding carboxylic acids is 1. The van der Waals surface area contributed by atoms with E-state index in [0.29, 0.717) is 28.7 Å². The lowest BCUT2D eigenvalue weighted by molar-refractivity contribution is -0.161. The van der Waals surface area contributed by atoms with E-state index in [0.717, 1.165) is 11.1 Å². The first kappa shape index (κ1) is 25.1. The Bertz CT molecular complexity index is 1210. The SMILES string of the molecule is CCC(c1ncccn1)N1C(=O)C(C)(CC(=O)O)CC(c2cccc(Cl)c2)C1c1ccc(Cl)cc1. The number of aromatic nitrogens is 2. The Hall–Kier alpha value is -2.96. The van der Waals surface area contributed by atoms with Crippen molar-refractivity contribution in [2.45, 2.75) is 51.1 Å². The molecule has 4 atom stereocenters. The van der Waals surface area contributed by atoms with Crippen molar-refractivity contribution in [3.8, 4) is 0 Å². The first-order valence-electron chi connectivity index (χ1n) is 11.6. The molecule has 1 saturated heterocycles. The number of carboxylic acids is 1. The van der Waals surface area contributed by atoms with E-state index in [2.05, 4.69) is 9.97 Å². The Morgan fingerprint density at radius 1 is 1.09 bits per heavy atom. The fourth-order valence-corrected chi connectivity index (χ4v) is 5.53. The lowest BCUT2D eigenvalue weighted by atomic mass is 9.67. The molecule has 4 rings (SSSR count). The molecular formula is C27H27Cl2N3O3. The van der Waals surface area contributed by atoms with Crippen LogP contribution in [0.25, 0.3) is 0 Å². The van der Waals surface area contributed by atoms with E-state index in [1.54, 1.807) is 48.5 Å². The average Bonchev–Trinajstić information content (AvgIpc) is 2.83. The summed E-state index contributed by atoms with van der Waals surface area (Å²) in [6.45, 7) is 3.72. The van der Waals surface area contributed by atoms with Gasteiger partial charge in [-0.2, -0.15) is 0 Å². The van der Waals surface area contributed by atoms with Gasteiger partial charge in [0.25, 0.3) is 0 Å². The van der Waals surface area contributed by atoms with Crippen LogP contribution in [0.1, 0.15) is 68.1 Å². The van der Waals surface area contributed by atoms with Crippen LogP contribution in [-0.2, 0) is 9.59 Å². The summed E-state index contributed by atoms with van der Waals surface area (Å²) < 4.78 is 0. The third-order valence-corrected chi connectivity index (χ3v) is 7.23. The van der Waals surface area contributed by atoms with Crippen molar-refractivity contribution in [1.82, 2.24) is 14.9 Å². The van der Waals surface area contributed by atoms with Gasteiger partial charge in [0.1, 0.15) is 0 Å². The van der Waals surface area contributed by atoms with Gasteiger partial charge in [-0.15, -0.1) is 0 Å². The van der Waals surface area contributed by atoms with Gasteiger partial charge < -0.3 is 10.0 Å². The van der Waals surface area contributed by atoms with E-state index >= 15 is 0 Å². The van der Waals surface area contributed by atoms with Gasteiger partial charge in [0, 0.05) is 28.4 Å². The molecule has 1 aliphatic rings. The minimum atomic E-state index is -1.12. The molecule has 8 heteroatoms. The van der Waals surface area contributed by atoms with Crippen LogP contribution in [-0.4, -0.2) is 31.9 Å². The second kappa shape index (κ2) is 10.3. The van der Waals surface area contributed by atoms with Gasteiger partial charge in [-0.3, -0.25) is 9.59 Å². The van der Waals surface area contributed by atoms with Crippen LogP contribution in [0.15, 0.2) is 67.0 Å². The smallest absolute Gasteiger partial charge is 0.304 e. The monoisotopic (exact) mass is 511 g/mol. The standard InChI is InChI=1S/C27H27Cl2N3O3/c1-3-22(25-30-12-5-13-31-25)32-24(17-8-10-19(28)11-9-17)21(18-6-4-7-20(29)14-18)15-27(2,26(32)35)16-23(33)34/h4-14,21-22,24H,3,15-16H2,1-2H3,(H,33,34). The number of amides is 1. The lowest BCUT2D eigenvalue weighted by Crippen LogP contribution is -2.53. The minimum absolute atomic E-state index is 0.213. The van der Waals surface area contributed by atoms with Crippen LogP contribution in [0.2, 0.25) is 10.0 Å². The first-order valence-corrected chi connectivity index (χ1v) is 12.3. The maximum absolute atomic E-state index is 14.2. The number of likely N-dealkylation sites (tertiary alicyclic amines) is 1. The molecule has 0 bridgehead atoms. The van der Waals surface area contributed by atoms with Crippen LogP contribution in [0, 0.1) is 5.41 Å². The number of halogens is 2. The van der Waals surface area contributed by atoms with Gasteiger partial charge in [0.15, 0.2) is 5.82 Å². The molecule has 1 aliphatic heterocycles. The number of carbonyl (C=O) groups is 2. The molecule has 0 spiro atoms. The Balaban J connectivity index is 1.95. The highest BCUT2D eigenvalue weighted by Crippen LogP contribution is 2.53. The van der Waals surface area contributed by atoms with Gasteiger partial charge in [0.2, 0.25) is 5.91 Å². The van der Waals surface area contributed by atoms with Gasteiger partial charge >= 0.3 is 5.97 Å². The molecular weight excluding hydrogens is 485 g/mol. The molecule has 0 aliphatic carbocycles. The second-order valence-corrected chi connectivity index (χ2v) is 10.1. The van der Waals surface area contributed by atoms with Crippen molar-refractivity contribution in [3.05, 3.63) is 94.0 Å². The highest BCUT2D eigenvalue weighted by molar-refractivity contribution is 6.30. The summed E-state index contributed by atoms with van der Waals surface area (Å²) in [6, 6.07) is 15.9. The van der Waals surface area contributed by atoms with Gasteiger partial charge in [-0.25, -0.2) is 9.97 Å². The number of rotatable bonds is 7. The molecule has 1 fully saturated rings. The van der Waals surface area contributed by atoms with Crippen molar-refractivity contribution in [3.63, 3.8) is 0 Å². The maximum atomic E-state index is 14.2. The number of aliphatic carboxylic acids is 1. The molecule has 2 aromatic carbocycles. The van der Waals surface area contributed by atoms with Crippen molar-refractivity contribution in [2.75, 3.05) is 0 Å². The minimum Gasteiger partial charge on any atom is -0.481 e. The van der Waals surface area contributed by atoms with Crippen LogP contribution in [0.4, 0.5) is 0 Å². The zero-order chi connectivity index (χ0) is 25.2. The molecule has 2 heterocycles. The summed E-state index contributed by atoms with van der Waals surface area (Å²) in [5.41, 5.74) is 0.721. The van der Waals surface area contributed by atoms with Crippen molar-refractivity contribution >= 4 is 35.1 Å². The van der Waals surface area contributed by atoms with Crippen LogP contribution >= 0.6 is 23.2 Å². The lowest BCUT2D eigenvalue weighted by Gasteiger charge is -2.51. The van der Waals surface area contributed by atoms with Gasteiger partial charge in [-0.05, 0) is 54.3 Å². The van der Waals surface area contributed by atoms with Crippen molar-refractivity contribution < 1.29 is 14.7 Å². The normalized spacial score (nSPS) is 23.2. The van der Waals surface area contributed by atoms with E-state index in [4.69, 9.17) is 23.2 Å².